The predicted octanol–water partition coefficient (Wildman–Crippen LogP) is 3.48. The Morgan fingerprint density at radius 1 is 1.38 bits per heavy atom. The van der Waals surface area contributed by atoms with Gasteiger partial charge < -0.3 is 15.2 Å². The first-order valence-corrected chi connectivity index (χ1v) is 8.88. The summed E-state index contributed by atoms with van der Waals surface area (Å²) in [6.45, 7) is 6.88. The first-order chi connectivity index (χ1) is 11.6. The van der Waals surface area contributed by atoms with E-state index in [1.807, 2.05) is 44.2 Å². The second-order valence-electron chi connectivity index (χ2n) is 6.50. The first-order valence-electron chi connectivity index (χ1n) is 8.50. The third-order valence-electron chi connectivity index (χ3n) is 4.74. The van der Waals surface area contributed by atoms with Crippen LogP contribution in [0.3, 0.4) is 0 Å². The van der Waals surface area contributed by atoms with Gasteiger partial charge in [-0.1, -0.05) is 17.7 Å². The summed E-state index contributed by atoms with van der Waals surface area (Å²) in [6.07, 6.45) is 2.24. The fourth-order valence-electron chi connectivity index (χ4n) is 3.45. The van der Waals surface area contributed by atoms with Gasteiger partial charge in [0.2, 0.25) is 0 Å². The molecule has 0 aliphatic carbocycles. The number of aromatic nitrogens is 1. The standard InChI is InChI=1S/C19H24ClN3O/c1-13-10-18(19(24)22-9-7-15-6-8-21-12-15)14(2)23(13)17-5-3-4-16(20)11-17/h3-5,10-11,15,21H,6-9,12H2,1-2H3,(H,22,24). The predicted molar refractivity (Wildman–Crippen MR) is 98.2 cm³/mol. The molecule has 1 unspecified atom stereocenters. The fourth-order valence-corrected chi connectivity index (χ4v) is 3.64. The van der Waals surface area contributed by atoms with Gasteiger partial charge >= 0.3 is 0 Å². The third-order valence-corrected chi connectivity index (χ3v) is 4.98. The molecule has 1 aliphatic rings. The lowest BCUT2D eigenvalue weighted by molar-refractivity contribution is 0.0951. The monoisotopic (exact) mass is 345 g/mol. The summed E-state index contributed by atoms with van der Waals surface area (Å²) in [6, 6.07) is 9.64. The van der Waals surface area contributed by atoms with E-state index in [-0.39, 0.29) is 5.91 Å². The summed E-state index contributed by atoms with van der Waals surface area (Å²) >= 11 is 6.10. The zero-order chi connectivity index (χ0) is 17.1. The number of carbonyl (C=O) groups is 1. The Bertz CT molecular complexity index is 732. The molecule has 24 heavy (non-hydrogen) atoms. The van der Waals surface area contributed by atoms with Crippen LogP contribution in [0.4, 0.5) is 0 Å². The Kier molecular flexibility index (Phi) is 5.27. The summed E-state index contributed by atoms with van der Waals surface area (Å²) in [5, 5.41) is 7.11. The molecule has 3 rings (SSSR count). The van der Waals surface area contributed by atoms with Crippen LogP contribution in [0.5, 0.6) is 0 Å². The van der Waals surface area contributed by atoms with Crippen molar-refractivity contribution < 1.29 is 4.79 Å². The van der Waals surface area contributed by atoms with Crippen molar-refractivity contribution in [3.63, 3.8) is 0 Å². The maximum absolute atomic E-state index is 12.5. The van der Waals surface area contributed by atoms with Gasteiger partial charge in [0.1, 0.15) is 0 Å². The molecule has 0 spiro atoms. The van der Waals surface area contributed by atoms with E-state index in [1.165, 1.54) is 6.42 Å². The average molecular weight is 346 g/mol. The number of aryl methyl sites for hydroxylation is 1. The molecule has 128 valence electrons. The number of halogens is 1. The molecule has 0 bridgehead atoms. The largest absolute Gasteiger partial charge is 0.352 e. The average Bonchev–Trinajstić information content (AvgIpc) is 3.15. The highest BCUT2D eigenvalue weighted by Crippen LogP contribution is 2.23. The number of hydrogen-bond donors (Lipinski definition) is 2. The molecule has 5 heteroatoms. The van der Waals surface area contributed by atoms with Crippen LogP contribution >= 0.6 is 11.6 Å². The summed E-state index contributed by atoms with van der Waals surface area (Å²) < 4.78 is 2.07. The van der Waals surface area contributed by atoms with Gasteiger partial charge in [0.25, 0.3) is 5.91 Å². The van der Waals surface area contributed by atoms with E-state index in [1.54, 1.807) is 0 Å². The van der Waals surface area contributed by atoms with Crippen LogP contribution < -0.4 is 10.6 Å². The smallest absolute Gasteiger partial charge is 0.253 e. The molecule has 1 aliphatic heterocycles. The topological polar surface area (TPSA) is 46.1 Å². The third kappa shape index (κ3) is 3.65. The van der Waals surface area contributed by atoms with Crippen LogP contribution in [0.2, 0.25) is 5.02 Å². The van der Waals surface area contributed by atoms with Crippen molar-refractivity contribution in [1.82, 2.24) is 15.2 Å². The maximum Gasteiger partial charge on any atom is 0.253 e. The van der Waals surface area contributed by atoms with Crippen LogP contribution in [0.15, 0.2) is 30.3 Å². The van der Waals surface area contributed by atoms with E-state index in [0.29, 0.717) is 10.9 Å². The lowest BCUT2D eigenvalue weighted by Gasteiger charge is -2.11. The second kappa shape index (κ2) is 7.41. The van der Waals surface area contributed by atoms with Gasteiger partial charge in [-0.05, 0) is 70.0 Å². The van der Waals surface area contributed by atoms with E-state index in [2.05, 4.69) is 15.2 Å². The maximum atomic E-state index is 12.5. The van der Waals surface area contributed by atoms with E-state index in [0.717, 1.165) is 48.7 Å². The van der Waals surface area contributed by atoms with Crippen LogP contribution in [-0.4, -0.2) is 30.1 Å². The van der Waals surface area contributed by atoms with Crippen LogP contribution in [0, 0.1) is 19.8 Å². The van der Waals surface area contributed by atoms with Crippen molar-refractivity contribution in [1.29, 1.82) is 0 Å². The van der Waals surface area contributed by atoms with E-state index < -0.39 is 0 Å². The van der Waals surface area contributed by atoms with E-state index in [4.69, 9.17) is 11.6 Å². The molecular weight excluding hydrogens is 322 g/mol. The molecule has 1 fully saturated rings. The van der Waals surface area contributed by atoms with E-state index >= 15 is 0 Å². The van der Waals surface area contributed by atoms with Crippen LogP contribution in [0.25, 0.3) is 5.69 Å². The molecule has 1 aromatic carbocycles. The lowest BCUT2D eigenvalue weighted by atomic mass is 10.1. The van der Waals surface area contributed by atoms with Crippen LogP contribution in [0.1, 0.15) is 34.6 Å². The van der Waals surface area contributed by atoms with Crippen molar-refractivity contribution >= 4 is 17.5 Å². The number of benzene rings is 1. The molecule has 1 amide bonds. The Labute approximate surface area is 148 Å². The highest BCUT2D eigenvalue weighted by molar-refractivity contribution is 6.30. The SMILES string of the molecule is Cc1cc(C(=O)NCCC2CCNC2)c(C)n1-c1cccc(Cl)c1. The number of nitrogens with one attached hydrogen (secondary N) is 2. The molecule has 2 heterocycles. The minimum Gasteiger partial charge on any atom is -0.352 e. The molecule has 1 atom stereocenters. The molecule has 4 nitrogen and oxygen atoms in total. The van der Waals surface area contributed by atoms with Crippen molar-refractivity contribution in [2.24, 2.45) is 5.92 Å². The van der Waals surface area contributed by atoms with Crippen molar-refractivity contribution in [2.45, 2.75) is 26.7 Å². The lowest BCUT2D eigenvalue weighted by Crippen LogP contribution is -2.26. The second-order valence-corrected chi connectivity index (χ2v) is 6.94. The molecule has 2 aromatic rings. The first kappa shape index (κ1) is 17.1. The Balaban J connectivity index is 1.72. The number of nitrogens with zero attached hydrogens (tertiary/aromatic N) is 1. The van der Waals surface area contributed by atoms with Gasteiger partial charge in [0.05, 0.1) is 5.56 Å². The normalized spacial score (nSPS) is 17.2. The van der Waals surface area contributed by atoms with Crippen molar-refractivity contribution in [3.8, 4) is 5.69 Å². The Hall–Kier alpha value is -1.78. The minimum absolute atomic E-state index is 0.00216. The summed E-state index contributed by atoms with van der Waals surface area (Å²) in [4.78, 5) is 12.5. The quantitative estimate of drug-likeness (QED) is 0.871. The van der Waals surface area contributed by atoms with Crippen molar-refractivity contribution in [3.05, 3.63) is 52.3 Å². The molecule has 1 aromatic heterocycles. The molecule has 0 saturated carbocycles. The molecule has 1 saturated heterocycles. The van der Waals surface area contributed by atoms with Crippen molar-refractivity contribution in [2.75, 3.05) is 19.6 Å². The van der Waals surface area contributed by atoms with Gasteiger partial charge in [-0.2, -0.15) is 0 Å². The molecule has 0 radical (unpaired) electrons. The number of rotatable bonds is 5. The zero-order valence-electron chi connectivity index (χ0n) is 14.2. The zero-order valence-corrected chi connectivity index (χ0v) is 15.0. The van der Waals surface area contributed by atoms with E-state index in [9.17, 15) is 4.79 Å². The summed E-state index contributed by atoms with van der Waals surface area (Å²) in [5.74, 6) is 0.687. The van der Waals surface area contributed by atoms with Gasteiger partial charge in [0, 0.05) is 28.6 Å². The number of hydrogen-bond acceptors (Lipinski definition) is 2. The highest BCUT2D eigenvalue weighted by Gasteiger charge is 2.18. The Morgan fingerprint density at radius 3 is 2.92 bits per heavy atom. The van der Waals surface area contributed by atoms with Gasteiger partial charge in [-0.15, -0.1) is 0 Å². The number of amides is 1. The molecule has 2 N–H and O–H groups in total. The fraction of sp³-hybridized carbons (Fsp3) is 0.421. The minimum atomic E-state index is 0.00216. The van der Waals surface area contributed by atoms with Crippen LogP contribution in [-0.2, 0) is 0 Å². The van der Waals surface area contributed by atoms with Gasteiger partial charge in [-0.25, -0.2) is 0 Å². The number of carbonyl (C=O) groups excluding carboxylic acids is 1. The summed E-state index contributed by atoms with van der Waals surface area (Å²) in [5.41, 5.74) is 3.68. The van der Waals surface area contributed by atoms with Gasteiger partial charge in [-0.3, -0.25) is 4.79 Å². The summed E-state index contributed by atoms with van der Waals surface area (Å²) in [7, 11) is 0. The highest BCUT2D eigenvalue weighted by atomic mass is 35.5. The molecular formula is C19H24ClN3O. The Morgan fingerprint density at radius 2 is 2.21 bits per heavy atom. The van der Waals surface area contributed by atoms with Gasteiger partial charge in [0.15, 0.2) is 0 Å².